The van der Waals surface area contributed by atoms with Crippen LogP contribution in [-0.4, -0.2) is 29.1 Å². The van der Waals surface area contributed by atoms with Gasteiger partial charge in [0, 0.05) is 35.7 Å². The molecule has 3 fully saturated rings. The van der Waals surface area contributed by atoms with Gasteiger partial charge in [0.05, 0.1) is 5.56 Å². The van der Waals surface area contributed by atoms with E-state index in [1.54, 1.807) is 24.5 Å². The summed E-state index contributed by atoms with van der Waals surface area (Å²) < 4.78 is 11.6. The Bertz CT molecular complexity index is 746. The molecule has 1 unspecified atom stereocenters. The third-order valence-electron chi connectivity index (χ3n) is 6.86. The summed E-state index contributed by atoms with van der Waals surface area (Å²) >= 11 is 0. The number of rotatable bonds is 2. The molecular formula is C21H25NO4. The molecule has 3 aliphatic rings. The molecule has 1 saturated heterocycles. The monoisotopic (exact) mass is 355 g/mol. The average Bonchev–Trinajstić information content (AvgIpc) is 2.92. The van der Waals surface area contributed by atoms with Crippen molar-refractivity contribution in [3.8, 4) is 0 Å². The Balaban J connectivity index is 1.55. The van der Waals surface area contributed by atoms with Crippen molar-refractivity contribution in [2.24, 2.45) is 23.2 Å². The van der Waals surface area contributed by atoms with Crippen molar-refractivity contribution in [3.63, 3.8) is 0 Å². The summed E-state index contributed by atoms with van der Waals surface area (Å²) in [5.74, 6) is -0.141. The molecule has 4 rings (SSSR count). The molecule has 2 saturated carbocycles. The molecular weight excluding hydrogens is 330 g/mol. The highest BCUT2D eigenvalue weighted by molar-refractivity contribution is 5.91. The van der Waals surface area contributed by atoms with Crippen LogP contribution in [-0.2, 0) is 14.3 Å². The summed E-state index contributed by atoms with van der Waals surface area (Å²) in [6.07, 6.45) is 6.72. The molecule has 0 aromatic carbocycles. The number of hydrogen-bond acceptors (Lipinski definition) is 5. The molecule has 5 heteroatoms. The fourth-order valence-electron chi connectivity index (χ4n) is 5.39. The largest absolute Gasteiger partial charge is 0.458 e. The maximum absolute atomic E-state index is 12.5. The van der Waals surface area contributed by atoms with E-state index >= 15 is 0 Å². The van der Waals surface area contributed by atoms with Gasteiger partial charge in [-0.05, 0) is 43.2 Å². The van der Waals surface area contributed by atoms with E-state index in [1.807, 2.05) is 0 Å². The van der Waals surface area contributed by atoms with Crippen molar-refractivity contribution in [3.05, 3.63) is 42.2 Å². The summed E-state index contributed by atoms with van der Waals surface area (Å²) in [6.45, 7) is 8.37. The van der Waals surface area contributed by atoms with E-state index < -0.39 is 0 Å². The third-order valence-corrected chi connectivity index (χ3v) is 6.86. The van der Waals surface area contributed by atoms with Crippen LogP contribution in [0.3, 0.4) is 0 Å². The molecule has 0 N–H and O–H groups in total. The molecule has 1 aliphatic heterocycles. The Morgan fingerprint density at radius 1 is 1.31 bits per heavy atom. The Hall–Kier alpha value is -2.17. The summed E-state index contributed by atoms with van der Waals surface area (Å²) in [5.41, 5.74) is 1.24. The Labute approximate surface area is 153 Å². The second kappa shape index (κ2) is 6.22. The Morgan fingerprint density at radius 2 is 2.00 bits per heavy atom. The van der Waals surface area contributed by atoms with Gasteiger partial charge in [-0.1, -0.05) is 20.4 Å². The van der Waals surface area contributed by atoms with Crippen LogP contribution in [0.5, 0.6) is 0 Å². The lowest BCUT2D eigenvalue weighted by Gasteiger charge is -2.54. The lowest BCUT2D eigenvalue weighted by atomic mass is 9.53. The Morgan fingerprint density at radius 3 is 2.73 bits per heavy atom. The normalized spacial score (nSPS) is 38.9. The van der Waals surface area contributed by atoms with Gasteiger partial charge < -0.3 is 9.47 Å². The van der Waals surface area contributed by atoms with Gasteiger partial charge in [0.25, 0.3) is 0 Å². The maximum atomic E-state index is 12.5. The summed E-state index contributed by atoms with van der Waals surface area (Å²) in [5, 5.41) is 0. The van der Waals surface area contributed by atoms with E-state index in [9.17, 15) is 9.59 Å². The minimum atomic E-state index is -0.312. The second-order valence-electron chi connectivity index (χ2n) is 8.30. The number of pyridine rings is 1. The first-order valence-electron chi connectivity index (χ1n) is 9.41. The van der Waals surface area contributed by atoms with Gasteiger partial charge in [0.2, 0.25) is 0 Å². The van der Waals surface area contributed by atoms with E-state index in [1.165, 1.54) is 0 Å². The predicted molar refractivity (Wildman–Crippen MR) is 95.2 cm³/mol. The predicted octanol–water partition coefficient (Wildman–Crippen LogP) is 3.55. The molecule has 0 bridgehead atoms. The minimum Gasteiger partial charge on any atom is -0.458 e. The van der Waals surface area contributed by atoms with Crippen LogP contribution in [0.2, 0.25) is 0 Å². The first-order chi connectivity index (χ1) is 12.4. The van der Waals surface area contributed by atoms with Crippen molar-refractivity contribution < 1.29 is 19.1 Å². The van der Waals surface area contributed by atoms with Crippen LogP contribution < -0.4 is 0 Å². The fourth-order valence-corrected chi connectivity index (χ4v) is 5.39. The molecule has 26 heavy (non-hydrogen) atoms. The highest BCUT2D eigenvalue weighted by Gasteiger charge is 2.58. The highest BCUT2D eigenvalue weighted by Crippen LogP contribution is 2.58. The molecule has 1 aromatic heterocycles. The van der Waals surface area contributed by atoms with Gasteiger partial charge in [0.1, 0.15) is 12.2 Å². The molecule has 0 spiro atoms. The first kappa shape index (κ1) is 17.3. The van der Waals surface area contributed by atoms with Crippen molar-refractivity contribution in [1.29, 1.82) is 0 Å². The SMILES string of the molecule is C=C1C(=O)O[C@@H]2C3[C@@H](C)[C@@H](OC(=O)c4ccncc4)CC[C@]3(C)CC[C@@H]12. The molecule has 2 heterocycles. The quantitative estimate of drug-likeness (QED) is 0.599. The number of nitrogens with zero attached hydrogens (tertiary/aromatic N) is 1. The molecule has 6 atom stereocenters. The number of carbonyl (C=O) groups is 2. The van der Waals surface area contributed by atoms with Gasteiger partial charge in [0.15, 0.2) is 0 Å². The van der Waals surface area contributed by atoms with Crippen LogP contribution >= 0.6 is 0 Å². The molecule has 0 amide bonds. The van der Waals surface area contributed by atoms with Gasteiger partial charge in [-0.15, -0.1) is 0 Å². The van der Waals surface area contributed by atoms with E-state index in [2.05, 4.69) is 25.4 Å². The van der Waals surface area contributed by atoms with E-state index in [4.69, 9.17) is 9.47 Å². The van der Waals surface area contributed by atoms with Crippen LogP contribution in [0, 0.1) is 23.2 Å². The van der Waals surface area contributed by atoms with E-state index in [0.29, 0.717) is 11.1 Å². The molecule has 138 valence electrons. The first-order valence-corrected chi connectivity index (χ1v) is 9.41. The maximum Gasteiger partial charge on any atom is 0.338 e. The smallest absolute Gasteiger partial charge is 0.338 e. The summed E-state index contributed by atoms with van der Waals surface area (Å²) in [6, 6.07) is 3.33. The van der Waals surface area contributed by atoms with Gasteiger partial charge >= 0.3 is 11.9 Å². The number of carbonyl (C=O) groups excluding carboxylic acids is 2. The number of hydrogen-bond donors (Lipinski definition) is 0. The summed E-state index contributed by atoms with van der Waals surface area (Å²) in [4.78, 5) is 28.5. The zero-order chi connectivity index (χ0) is 18.5. The number of ether oxygens (including phenoxy) is 2. The van der Waals surface area contributed by atoms with E-state index in [-0.39, 0.29) is 47.3 Å². The second-order valence-corrected chi connectivity index (χ2v) is 8.30. The number of aromatic nitrogens is 1. The Kier molecular flexibility index (Phi) is 4.13. The van der Waals surface area contributed by atoms with Crippen molar-refractivity contribution >= 4 is 11.9 Å². The topological polar surface area (TPSA) is 65.5 Å². The van der Waals surface area contributed by atoms with Crippen molar-refractivity contribution in [2.45, 2.75) is 51.7 Å². The zero-order valence-corrected chi connectivity index (χ0v) is 15.3. The van der Waals surface area contributed by atoms with Gasteiger partial charge in [-0.2, -0.15) is 0 Å². The van der Waals surface area contributed by atoms with Crippen molar-refractivity contribution in [1.82, 2.24) is 4.98 Å². The van der Waals surface area contributed by atoms with Crippen LogP contribution in [0.1, 0.15) is 49.9 Å². The molecule has 5 nitrogen and oxygen atoms in total. The standard InChI is InChI=1S/C21H25NO4/c1-12-15-4-8-21(3)9-5-16(13(2)17(21)18(15)26-19(12)23)25-20(24)14-6-10-22-11-7-14/h6-7,10-11,13,15-18H,1,4-5,8-9H2,2-3H3/t13-,15-,16-,17?,18-,21-/m0/s1. The summed E-state index contributed by atoms with van der Waals surface area (Å²) in [7, 11) is 0. The molecule has 0 radical (unpaired) electrons. The van der Waals surface area contributed by atoms with Crippen LogP contribution in [0.15, 0.2) is 36.7 Å². The number of esters is 2. The minimum absolute atomic E-state index is 0.109. The van der Waals surface area contributed by atoms with Gasteiger partial charge in [-0.3, -0.25) is 4.98 Å². The highest BCUT2D eigenvalue weighted by atomic mass is 16.6. The molecule has 2 aliphatic carbocycles. The van der Waals surface area contributed by atoms with Crippen LogP contribution in [0.25, 0.3) is 0 Å². The lowest BCUT2D eigenvalue weighted by molar-refractivity contribution is -0.159. The van der Waals surface area contributed by atoms with Crippen molar-refractivity contribution in [2.75, 3.05) is 0 Å². The zero-order valence-electron chi connectivity index (χ0n) is 15.3. The van der Waals surface area contributed by atoms with Crippen LogP contribution in [0.4, 0.5) is 0 Å². The fraction of sp³-hybridized carbons (Fsp3) is 0.571. The third kappa shape index (κ3) is 2.65. The van der Waals surface area contributed by atoms with Gasteiger partial charge in [-0.25, -0.2) is 9.59 Å². The molecule has 1 aromatic rings. The average molecular weight is 355 g/mol. The lowest BCUT2D eigenvalue weighted by Crippen LogP contribution is -2.53. The number of fused-ring (bicyclic) bond motifs is 3. The van der Waals surface area contributed by atoms with E-state index in [0.717, 1.165) is 25.7 Å².